The highest BCUT2D eigenvalue weighted by atomic mass is 16.5. The molecule has 3 aromatic carbocycles. The number of methoxy groups -OCH3 is 3. The van der Waals surface area contributed by atoms with Crippen molar-refractivity contribution in [1.82, 2.24) is 0 Å². The van der Waals surface area contributed by atoms with Crippen molar-refractivity contribution in [3.05, 3.63) is 101 Å². The molecule has 0 radical (unpaired) electrons. The summed E-state index contributed by atoms with van der Waals surface area (Å²) in [6.45, 7) is 8.38. The van der Waals surface area contributed by atoms with E-state index in [0.29, 0.717) is 32.7 Å². The number of hydrogen-bond acceptors (Lipinski definition) is 8. The van der Waals surface area contributed by atoms with E-state index in [1.54, 1.807) is 21.3 Å². The maximum Gasteiger partial charge on any atom is 0.317 e. The Morgan fingerprint density at radius 1 is 0.778 bits per heavy atom. The molecule has 0 aliphatic heterocycles. The van der Waals surface area contributed by atoms with Gasteiger partial charge in [-0.25, -0.2) is 0 Å². The molecule has 2 saturated carbocycles. The molecule has 0 aromatic heterocycles. The number of allylic oxidation sites excluding steroid dienone is 1. The van der Waals surface area contributed by atoms with Crippen molar-refractivity contribution in [2.75, 3.05) is 27.9 Å². The molecule has 6 rings (SSSR count). The minimum absolute atomic E-state index is 0.0351. The second-order valence-corrected chi connectivity index (χ2v) is 15.9. The molecule has 0 saturated heterocycles. The molecule has 5 unspecified atom stereocenters. The number of hydrogen-bond donors (Lipinski definition) is 0. The second-order valence-electron chi connectivity index (χ2n) is 15.9. The maximum atomic E-state index is 14.8. The number of aldehydes is 1. The van der Waals surface area contributed by atoms with Crippen molar-refractivity contribution in [3.8, 4) is 17.2 Å². The van der Waals surface area contributed by atoms with Crippen molar-refractivity contribution in [3.63, 3.8) is 0 Å². The van der Waals surface area contributed by atoms with Crippen LogP contribution in [0.1, 0.15) is 76.0 Å². The molecule has 3 aromatic rings. The average molecular weight is 739 g/mol. The Hall–Kier alpha value is -4.14. The summed E-state index contributed by atoms with van der Waals surface area (Å²) in [6, 6.07) is 23.5. The van der Waals surface area contributed by atoms with E-state index in [-0.39, 0.29) is 48.3 Å². The van der Waals surface area contributed by atoms with Crippen LogP contribution in [-0.4, -0.2) is 46.3 Å². The van der Waals surface area contributed by atoms with Gasteiger partial charge in [-0.1, -0.05) is 75.2 Å². The Kier molecular flexibility index (Phi) is 12.9. The molecule has 3 aliphatic carbocycles. The van der Waals surface area contributed by atoms with Crippen LogP contribution >= 0.6 is 0 Å². The van der Waals surface area contributed by atoms with Gasteiger partial charge in [0.1, 0.15) is 35.6 Å². The van der Waals surface area contributed by atoms with Gasteiger partial charge in [0.15, 0.2) is 0 Å². The van der Waals surface area contributed by atoms with E-state index in [4.69, 9.17) is 28.4 Å². The zero-order valence-corrected chi connectivity index (χ0v) is 32.9. The first-order chi connectivity index (χ1) is 26.2. The molecular weight excluding hydrogens is 680 g/mol. The highest BCUT2D eigenvalue weighted by Crippen LogP contribution is 2.71. The molecule has 8 nitrogen and oxygen atoms in total. The zero-order valence-electron chi connectivity index (χ0n) is 32.9. The van der Waals surface area contributed by atoms with Gasteiger partial charge in [0, 0.05) is 12.0 Å². The fourth-order valence-corrected chi connectivity index (χ4v) is 9.92. The van der Waals surface area contributed by atoms with Crippen LogP contribution in [-0.2, 0) is 43.6 Å². The molecular formula is C46H58O8. The molecule has 2 bridgehead atoms. The van der Waals surface area contributed by atoms with E-state index in [1.807, 2.05) is 72.8 Å². The molecule has 3 aliphatic rings. The summed E-state index contributed by atoms with van der Waals surface area (Å²) in [5, 5.41) is 0. The van der Waals surface area contributed by atoms with Crippen LogP contribution in [0, 0.1) is 40.4 Å². The number of fused-ring (bicyclic) bond motifs is 2. The summed E-state index contributed by atoms with van der Waals surface area (Å²) < 4.78 is 35.0. The molecule has 0 spiro atoms. The van der Waals surface area contributed by atoms with Gasteiger partial charge in [-0.05, 0) is 115 Å². The lowest BCUT2D eigenvalue weighted by molar-refractivity contribution is -0.167. The minimum Gasteiger partial charge on any atom is -0.497 e. The minimum atomic E-state index is -1.00. The van der Waals surface area contributed by atoms with Crippen LogP contribution in [0.25, 0.3) is 0 Å². The van der Waals surface area contributed by atoms with Gasteiger partial charge in [0.25, 0.3) is 0 Å². The Balaban J connectivity index is 1.22. The standard InChI is InChI=1S/C46H58O8/c1-31(2)41-23-36-25-45(30-47,46(41,26-36)44(48)54-29-35-14-20-39(51-6)21-15-35)42-24-43(53-28-34-12-18-38(50-5)19-13-34)32(3)40(42)9-7-8-22-52-27-33-10-16-37(49-4)17-11-33/h10-21,23,30-32,36,40,42-43H,7-9,22,24-29H2,1-6H3/t32?,36?,40?,42?,43?,45-,46+/m0/s1. The lowest BCUT2D eigenvalue weighted by Gasteiger charge is -2.49. The summed E-state index contributed by atoms with van der Waals surface area (Å²) >= 11 is 0. The molecule has 7 atom stereocenters. The number of benzene rings is 3. The third-order valence-electron chi connectivity index (χ3n) is 12.6. The predicted molar refractivity (Wildman–Crippen MR) is 208 cm³/mol. The van der Waals surface area contributed by atoms with Gasteiger partial charge >= 0.3 is 5.97 Å². The average Bonchev–Trinajstić information content (AvgIpc) is 3.87. The summed E-state index contributed by atoms with van der Waals surface area (Å²) in [6.07, 6.45) is 8.20. The highest BCUT2D eigenvalue weighted by Gasteiger charge is 2.72. The fraction of sp³-hybridized carbons (Fsp3) is 0.522. The number of carbonyl (C=O) groups excluding carboxylic acids is 2. The number of esters is 1. The van der Waals surface area contributed by atoms with Gasteiger partial charge in [-0.2, -0.15) is 0 Å². The highest BCUT2D eigenvalue weighted by molar-refractivity contribution is 5.89. The monoisotopic (exact) mass is 738 g/mol. The predicted octanol–water partition coefficient (Wildman–Crippen LogP) is 9.18. The number of carbonyl (C=O) groups is 2. The second kappa shape index (κ2) is 17.5. The first-order valence-electron chi connectivity index (χ1n) is 19.6. The third-order valence-corrected chi connectivity index (χ3v) is 12.6. The number of unbranched alkanes of at least 4 members (excludes halogenated alkanes) is 1. The molecule has 8 heteroatoms. The van der Waals surface area contributed by atoms with Crippen LogP contribution < -0.4 is 14.2 Å². The van der Waals surface area contributed by atoms with Gasteiger partial charge in [0.2, 0.25) is 0 Å². The SMILES string of the molecule is COc1ccc(COCCCCC2C(C)C(OCc3ccc(OC)cc3)CC2[C@@]2(C=O)CC3C=C(C(C)C)[C@@]2(C(=O)OCc2ccc(OC)cc2)C3)cc1. The van der Waals surface area contributed by atoms with Gasteiger partial charge in [-0.15, -0.1) is 0 Å². The zero-order chi connectivity index (χ0) is 38.3. The van der Waals surface area contributed by atoms with E-state index in [0.717, 1.165) is 65.2 Å². The summed E-state index contributed by atoms with van der Waals surface area (Å²) in [5.74, 6) is 2.73. The van der Waals surface area contributed by atoms with Crippen LogP contribution in [0.3, 0.4) is 0 Å². The largest absolute Gasteiger partial charge is 0.497 e. The quantitative estimate of drug-likeness (QED) is 0.0521. The smallest absolute Gasteiger partial charge is 0.317 e. The van der Waals surface area contributed by atoms with Gasteiger partial charge < -0.3 is 33.2 Å². The van der Waals surface area contributed by atoms with Gasteiger partial charge in [0.05, 0.1) is 40.6 Å². The fourth-order valence-electron chi connectivity index (χ4n) is 9.92. The van der Waals surface area contributed by atoms with E-state index < -0.39 is 10.8 Å². The van der Waals surface area contributed by atoms with Gasteiger partial charge in [-0.3, -0.25) is 4.79 Å². The van der Waals surface area contributed by atoms with Crippen LogP contribution in [0.5, 0.6) is 17.2 Å². The van der Waals surface area contributed by atoms with E-state index in [9.17, 15) is 9.59 Å². The molecule has 290 valence electrons. The van der Waals surface area contributed by atoms with Crippen molar-refractivity contribution in [2.45, 2.75) is 85.2 Å². The number of ether oxygens (including phenoxy) is 6. The number of rotatable bonds is 19. The molecule has 0 amide bonds. The summed E-state index contributed by atoms with van der Waals surface area (Å²) in [7, 11) is 4.96. The van der Waals surface area contributed by atoms with Crippen LogP contribution in [0.15, 0.2) is 84.4 Å². The van der Waals surface area contributed by atoms with Crippen molar-refractivity contribution >= 4 is 12.3 Å². The van der Waals surface area contributed by atoms with E-state index >= 15 is 0 Å². The molecule has 0 N–H and O–H groups in total. The summed E-state index contributed by atoms with van der Waals surface area (Å²) in [5.41, 5.74) is 2.24. The summed E-state index contributed by atoms with van der Waals surface area (Å²) in [4.78, 5) is 28.8. The third kappa shape index (κ3) is 7.97. The Morgan fingerprint density at radius 3 is 1.87 bits per heavy atom. The van der Waals surface area contributed by atoms with Crippen LogP contribution in [0.2, 0.25) is 0 Å². The van der Waals surface area contributed by atoms with Crippen LogP contribution in [0.4, 0.5) is 0 Å². The Labute approximate surface area is 321 Å². The van der Waals surface area contributed by atoms with Crippen molar-refractivity contribution < 1.29 is 38.0 Å². The van der Waals surface area contributed by atoms with E-state index in [1.165, 1.54) is 6.29 Å². The van der Waals surface area contributed by atoms with E-state index in [2.05, 4.69) is 26.8 Å². The lowest BCUT2D eigenvalue weighted by Crippen LogP contribution is -2.53. The molecule has 2 fully saturated rings. The molecule has 54 heavy (non-hydrogen) atoms. The Morgan fingerprint density at radius 2 is 1.33 bits per heavy atom. The van der Waals surface area contributed by atoms with Crippen molar-refractivity contribution in [1.29, 1.82) is 0 Å². The molecule has 0 heterocycles. The first kappa shape index (κ1) is 39.6. The lowest BCUT2D eigenvalue weighted by atomic mass is 9.52. The Bertz CT molecular complexity index is 1710. The normalized spacial score (nSPS) is 27.2. The maximum absolute atomic E-state index is 14.8. The van der Waals surface area contributed by atoms with Crippen molar-refractivity contribution in [2.24, 2.45) is 40.4 Å². The first-order valence-corrected chi connectivity index (χ1v) is 19.6. The topological polar surface area (TPSA) is 89.5 Å².